The predicted molar refractivity (Wildman–Crippen MR) is 122 cm³/mol. The van der Waals surface area contributed by atoms with Crippen molar-refractivity contribution in [2.75, 3.05) is 19.7 Å². The molecule has 1 aromatic heterocycles. The topological polar surface area (TPSA) is 80.6 Å². The Hall–Kier alpha value is -2.84. The molecule has 0 atom stereocenters. The number of nitrogens with one attached hydrogen (secondary N) is 1. The van der Waals surface area contributed by atoms with Crippen molar-refractivity contribution in [2.24, 2.45) is 7.05 Å². The van der Waals surface area contributed by atoms with Gasteiger partial charge in [0.1, 0.15) is 11.4 Å². The van der Waals surface area contributed by atoms with Crippen LogP contribution in [0.3, 0.4) is 0 Å². The Bertz CT molecular complexity index is 1180. The van der Waals surface area contributed by atoms with E-state index in [1.807, 2.05) is 45.0 Å². The molecule has 0 saturated carbocycles. The van der Waals surface area contributed by atoms with Crippen molar-refractivity contribution >= 4 is 26.8 Å². The number of para-hydroxylation sites is 1. The van der Waals surface area contributed by atoms with E-state index in [2.05, 4.69) is 5.32 Å². The van der Waals surface area contributed by atoms with Crippen LogP contribution < -0.4 is 10.1 Å². The zero-order valence-corrected chi connectivity index (χ0v) is 19.2. The molecular weight excluding hydrogens is 414 g/mol. The monoisotopic (exact) mass is 443 g/mol. The number of amides is 1. The van der Waals surface area contributed by atoms with Crippen LogP contribution >= 0.6 is 0 Å². The highest BCUT2D eigenvalue weighted by Gasteiger charge is 2.23. The first-order valence-electron chi connectivity index (χ1n) is 10.4. The normalized spacial score (nSPS) is 11.8. The molecule has 3 rings (SSSR count). The summed E-state index contributed by atoms with van der Waals surface area (Å²) in [5.41, 5.74) is 2.14. The number of aromatic nitrogens is 1. The summed E-state index contributed by atoms with van der Waals surface area (Å²) in [4.78, 5) is 13.1. The lowest BCUT2D eigenvalue weighted by Crippen LogP contribution is -2.30. The van der Waals surface area contributed by atoms with Gasteiger partial charge in [0.25, 0.3) is 5.91 Å². The van der Waals surface area contributed by atoms with Crippen molar-refractivity contribution in [2.45, 2.75) is 32.2 Å². The standard InChI is InChI=1S/C23H29N3O4S/c1-5-26(6-2)31(28,29)19-12-13-20-18(14-19)15-21(25(20)4)23(27)24-16-17-10-8-9-11-22(17)30-7-3/h8-15H,5-7,16H2,1-4H3,(H,24,27). The molecule has 0 radical (unpaired) electrons. The van der Waals surface area contributed by atoms with Gasteiger partial charge in [-0.25, -0.2) is 8.42 Å². The van der Waals surface area contributed by atoms with Crippen LogP contribution in [0.4, 0.5) is 0 Å². The molecule has 1 amide bonds. The van der Waals surface area contributed by atoms with Crippen molar-refractivity contribution in [1.82, 2.24) is 14.2 Å². The molecule has 1 N–H and O–H groups in total. The van der Waals surface area contributed by atoms with Crippen LogP contribution in [0.5, 0.6) is 5.75 Å². The summed E-state index contributed by atoms with van der Waals surface area (Å²) >= 11 is 0. The van der Waals surface area contributed by atoms with Gasteiger partial charge in [-0.1, -0.05) is 32.0 Å². The van der Waals surface area contributed by atoms with Gasteiger partial charge in [-0.3, -0.25) is 4.79 Å². The molecule has 0 bridgehead atoms. The van der Waals surface area contributed by atoms with Crippen LogP contribution in [0.1, 0.15) is 36.8 Å². The lowest BCUT2D eigenvalue weighted by Gasteiger charge is -2.18. The largest absolute Gasteiger partial charge is 0.494 e. The van der Waals surface area contributed by atoms with Crippen LogP contribution in [0.2, 0.25) is 0 Å². The minimum absolute atomic E-state index is 0.229. The summed E-state index contributed by atoms with van der Waals surface area (Å²) in [7, 11) is -1.77. The number of sulfonamides is 1. The smallest absolute Gasteiger partial charge is 0.268 e. The number of rotatable bonds is 9. The highest BCUT2D eigenvalue weighted by Crippen LogP contribution is 2.25. The highest BCUT2D eigenvalue weighted by molar-refractivity contribution is 7.89. The number of ether oxygens (including phenoxy) is 1. The molecule has 0 unspecified atom stereocenters. The van der Waals surface area contributed by atoms with Crippen LogP contribution in [0.25, 0.3) is 10.9 Å². The van der Waals surface area contributed by atoms with E-state index in [-0.39, 0.29) is 10.8 Å². The van der Waals surface area contributed by atoms with E-state index in [0.717, 1.165) is 16.8 Å². The van der Waals surface area contributed by atoms with Gasteiger partial charge in [0.05, 0.1) is 11.5 Å². The Kier molecular flexibility index (Phi) is 7.02. The third kappa shape index (κ3) is 4.60. The molecule has 3 aromatic rings. The third-order valence-corrected chi connectivity index (χ3v) is 7.35. The fourth-order valence-corrected chi connectivity index (χ4v) is 5.12. The molecule has 166 valence electrons. The average molecular weight is 444 g/mol. The van der Waals surface area contributed by atoms with Crippen molar-refractivity contribution in [3.05, 3.63) is 59.8 Å². The van der Waals surface area contributed by atoms with E-state index in [1.54, 1.807) is 35.9 Å². The van der Waals surface area contributed by atoms with Crippen molar-refractivity contribution < 1.29 is 17.9 Å². The maximum absolute atomic E-state index is 12.9. The van der Waals surface area contributed by atoms with E-state index in [9.17, 15) is 13.2 Å². The van der Waals surface area contributed by atoms with Gasteiger partial charge in [0.15, 0.2) is 0 Å². The first kappa shape index (κ1) is 22.8. The second-order valence-electron chi connectivity index (χ2n) is 7.12. The molecule has 0 saturated heterocycles. The molecule has 0 aliphatic carbocycles. The van der Waals surface area contributed by atoms with Crippen LogP contribution in [0.15, 0.2) is 53.4 Å². The van der Waals surface area contributed by atoms with Crippen molar-refractivity contribution in [1.29, 1.82) is 0 Å². The fourth-order valence-electron chi connectivity index (χ4n) is 3.63. The summed E-state index contributed by atoms with van der Waals surface area (Å²) in [6.45, 7) is 7.23. The number of hydrogen-bond donors (Lipinski definition) is 1. The molecule has 8 heteroatoms. The summed E-state index contributed by atoms with van der Waals surface area (Å²) in [6, 6.07) is 14.3. The summed E-state index contributed by atoms with van der Waals surface area (Å²) < 4.78 is 34.5. The Morgan fingerprint density at radius 3 is 2.45 bits per heavy atom. The van der Waals surface area contributed by atoms with Gasteiger partial charge in [0, 0.05) is 43.1 Å². The van der Waals surface area contributed by atoms with Gasteiger partial charge in [-0.15, -0.1) is 0 Å². The fraction of sp³-hybridized carbons (Fsp3) is 0.348. The number of carbonyl (C=O) groups is 1. The molecule has 2 aromatic carbocycles. The van der Waals surface area contributed by atoms with Gasteiger partial charge in [-0.05, 0) is 37.3 Å². The Morgan fingerprint density at radius 1 is 1.06 bits per heavy atom. The summed E-state index contributed by atoms with van der Waals surface area (Å²) in [5, 5.41) is 3.64. The van der Waals surface area contributed by atoms with E-state index >= 15 is 0 Å². The summed E-state index contributed by atoms with van der Waals surface area (Å²) in [6.07, 6.45) is 0. The number of benzene rings is 2. The zero-order valence-electron chi connectivity index (χ0n) is 18.4. The minimum Gasteiger partial charge on any atom is -0.494 e. The number of fused-ring (bicyclic) bond motifs is 1. The predicted octanol–water partition coefficient (Wildman–Crippen LogP) is 3.54. The van der Waals surface area contributed by atoms with E-state index in [4.69, 9.17) is 4.74 Å². The van der Waals surface area contributed by atoms with Gasteiger partial charge in [-0.2, -0.15) is 4.31 Å². The zero-order chi connectivity index (χ0) is 22.6. The third-order valence-electron chi connectivity index (χ3n) is 5.30. The SMILES string of the molecule is CCOc1ccccc1CNC(=O)c1cc2cc(S(=O)(=O)N(CC)CC)ccc2n1C. The van der Waals surface area contributed by atoms with Gasteiger partial charge in [0.2, 0.25) is 10.0 Å². The maximum atomic E-state index is 12.9. The van der Waals surface area contributed by atoms with E-state index in [0.29, 0.717) is 37.3 Å². The Labute approximate surface area is 183 Å². The second kappa shape index (κ2) is 9.53. The molecular formula is C23H29N3O4S. The van der Waals surface area contributed by atoms with Crippen molar-refractivity contribution in [3.63, 3.8) is 0 Å². The van der Waals surface area contributed by atoms with Gasteiger partial charge >= 0.3 is 0 Å². The first-order valence-corrected chi connectivity index (χ1v) is 11.9. The lowest BCUT2D eigenvalue weighted by atomic mass is 10.2. The number of hydrogen-bond acceptors (Lipinski definition) is 4. The Balaban J connectivity index is 1.86. The maximum Gasteiger partial charge on any atom is 0.268 e. The molecule has 31 heavy (non-hydrogen) atoms. The van der Waals surface area contributed by atoms with Gasteiger partial charge < -0.3 is 14.6 Å². The molecule has 0 aliphatic rings. The average Bonchev–Trinajstić information content (AvgIpc) is 3.10. The highest BCUT2D eigenvalue weighted by atomic mass is 32.2. The Morgan fingerprint density at radius 2 is 1.77 bits per heavy atom. The van der Waals surface area contributed by atoms with Crippen molar-refractivity contribution in [3.8, 4) is 5.75 Å². The van der Waals surface area contributed by atoms with Crippen LogP contribution in [-0.2, 0) is 23.6 Å². The minimum atomic E-state index is -3.56. The number of aryl methyl sites for hydroxylation is 1. The molecule has 1 heterocycles. The lowest BCUT2D eigenvalue weighted by molar-refractivity contribution is 0.0943. The first-order chi connectivity index (χ1) is 14.8. The molecule has 0 fully saturated rings. The number of carbonyl (C=O) groups excluding carboxylic acids is 1. The van der Waals surface area contributed by atoms with Crippen LogP contribution in [0, 0.1) is 0 Å². The van der Waals surface area contributed by atoms with E-state index < -0.39 is 10.0 Å². The molecule has 0 aliphatic heterocycles. The quantitative estimate of drug-likeness (QED) is 0.549. The second-order valence-corrected chi connectivity index (χ2v) is 9.06. The van der Waals surface area contributed by atoms with E-state index in [1.165, 1.54) is 4.31 Å². The molecule has 0 spiro atoms. The summed E-state index contributed by atoms with van der Waals surface area (Å²) in [5.74, 6) is 0.506. The number of nitrogens with zero attached hydrogens (tertiary/aromatic N) is 2. The van der Waals surface area contributed by atoms with Crippen LogP contribution in [-0.4, -0.2) is 42.9 Å². The molecule has 7 nitrogen and oxygen atoms in total.